The number of nitrogens with zero attached hydrogens (tertiary/aromatic N) is 1. The molecule has 118 valence electrons. The average molecular weight is 302 g/mol. The van der Waals surface area contributed by atoms with Crippen LogP contribution in [-0.2, 0) is 9.53 Å². The van der Waals surface area contributed by atoms with Gasteiger partial charge in [-0.2, -0.15) is 5.26 Å². The highest BCUT2D eigenvalue weighted by atomic mass is 16.5. The number of nitrogens with one attached hydrogen (secondary N) is 1. The number of ether oxygens (including phenoxy) is 2. The molecule has 0 radical (unpaired) electrons. The highest BCUT2D eigenvalue weighted by Gasteiger charge is 2.41. The average Bonchev–Trinajstić information content (AvgIpc) is 2.55. The van der Waals surface area contributed by atoms with Gasteiger partial charge in [0.2, 0.25) is 0 Å². The lowest BCUT2D eigenvalue weighted by Gasteiger charge is -2.36. The fourth-order valence-corrected chi connectivity index (χ4v) is 2.87. The zero-order valence-electron chi connectivity index (χ0n) is 13.3. The molecule has 0 aliphatic heterocycles. The molecule has 5 heteroatoms. The first-order valence-electron chi connectivity index (χ1n) is 7.49. The number of carbonyl (C=O) groups is 1. The van der Waals surface area contributed by atoms with Gasteiger partial charge in [-0.25, -0.2) is 0 Å². The van der Waals surface area contributed by atoms with Crippen molar-refractivity contribution in [2.45, 2.75) is 38.2 Å². The second kappa shape index (κ2) is 6.80. The van der Waals surface area contributed by atoms with Crippen molar-refractivity contribution in [3.05, 3.63) is 23.8 Å². The Morgan fingerprint density at radius 3 is 2.59 bits per heavy atom. The Morgan fingerprint density at radius 1 is 1.36 bits per heavy atom. The van der Waals surface area contributed by atoms with Gasteiger partial charge >= 0.3 is 0 Å². The lowest BCUT2D eigenvalue weighted by atomic mass is 9.79. The molecule has 1 aromatic rings. The molecule has 1 aliphatic carbocycles. The van der Waals surface area contributed by atoms with E-state index in [1.807, 2.05) is 0 Å². The summed E-state index contributed by atoms with van der Waals surface area (Å²) in [6.07, 6.45) is 3.40. The van der Waals surface area contributed by atoms with Crippen LogP contribution in [0.1, 0.15) is 38.2 Å². The van der Waals surface area contributed by atoms with Gasteiger partial charge in [0.1, 0.15) is 17.4 Å². The maximum atomic E-state index is 12.6. The highest BCUT2D eigenvalue weighted by molar-refractivity contribution is 5.97. The molecule has 1 saturated carbocycles. The Hall–Kier alpha value is -2.06. The number of benzene rings is 1. The van der Waals surface area contributed by atoms with Crippen LogP contribution in [-0.4, -0.2) is 25.7 Å². The summed E-state index contributed by atoms with van der Waals surface area (Å²) in [6.45, 7) is 2.19. The smallest absolute Gasteiger partial charge is 0.256 e. The van der Waals surface area contributed by atoms with Crippen LogP contribution in [0.2, 0.25) is 0 Å². The van der Waals surface area contributed by atoms with Crippen LogP contribution in [0.25, 0.3) is 0 Å². The van der Waals surface area contributed by atoms with E-state index < -0.39 is 5.60 Å². The van der Waals surface area contributed by atoms with Crippen molar-refractivity contribution in [2.24, 2.45) is 5.92 Å². The second-order valence-electron chi connectivity index (χ2n) is 5.86. The number of hydrogen-bond acceptors (Lipinski definition) is 4. The van der Waals surface area contributed by atoms with Gasteiger partial charge in [-0.3, -0.25) is 4.79 Å². The van der Waals surface area contributed by atoms with E-state index in [4.69, 9.17) is 14.7 Å². The van der Waals surface area contributed by atoms with Crippen LogP contribution < -0.4 is 10.1 Å². The molecule has 0 saturated heterocycles. The lowest BCUT2D eigenvalue weighted by Crippen LogP contribution is -2.47. The number of methoxy groups -OCH3 is 2. The minimum atomic E-state index is -0.765. The first-order chi connectivity index (χ1) is 10.5. The molecule has 22 heavy (non-hydrogen) atoms. The molecule has 2 rings (SSSR count). The monoisotopic (exact) mass is 302 g/mol. The van der Waals surface area contributed by atoms with Gasteiger partial charge in [0.05, 0.1) is 12.7 Å². The fourth-order valence-electron chi connectivity index (χ4n) is 2.87. The first-order valence-corrected chi connectivity index (χ1v) is 7.49. The summed E-state index contributed by atoms with van der Waals surface area (Å²) in [6, 6.07) is 7.08. The van der Waals surface area contributed by atoms with Crippen LogP contribution in [0.15, 0.2) is 18.2 Å². The number of hydrogen-bond donors (Lipinski definition) is 1. The predicted octanol–water partition coefficient (Wildman–Crippen LogP) is 3.10. The Bertz CT molecular complexity index is 584. The molecule has 1 fully saturated rings. The van der Waals surface area contributed by atoms with Gasteiger partial charge in [-0.15, -0.1) is 0 Å². The molecule has 0 heterocycles. The van der Waals surface area contributed by atoms with Crippen LogP contribution >= 0.6 is 0 Å². The van der Waals surface area contributed by atoms with Crippen LogP contribution in [0.4, 0.5) is 5.69 Å². The third kappa shape index (κ3) is 3.23. The third-order valence-corrected chi connectivity index (χ3v) is 4.46. The van der Waals surface area contributed by atoms with Crippen molar-refractivity contribution >= 4 is 11.6 Å². The lowest BCUT2D eigenvalue weighted by molar-refractivity contribution is -0.142. The molecule has 0 bridgehead atoms. The zero-order valence-corrected chi connectivity index (χ0v) is 13.3. The van der Waals surface area contributed by atoms with E-state index in [-0.39, 0.29) is 5.91 Å². The van der Waals surface area contributed by atoms with Crippen LogP contribution in [0.5, 0.6) is 5.75 Å². The normalized spacial score (nSPS) is 24.4. The summed E-state index contributed by atoms with van der Waals surface area (Å²) in [7, 11) is 3.10. The molecule has 1 N–H and O–H groups in total. The molecule has 1 aromatic carbocycles. The van der Waals surface area contributed by atoms with Crippen molar-refractivity contribution < 1.29 is 14.3 Å². The second-order valence-corrected chi connectivity index (χ2v) is 5.86. The van der Waals surface area contributed by atoms with Gasteiger partial charge in [-0.05, 0) is 49.8 Å². The standard InChI is InChI=1S/C17H22N2O3/c1-12-6-8-17(22-3,9-7-12)16(20)19-14-4-5-15(21-2)13(10-14)11-18/h4-5,10,12H,6-9H2,1-3H3,(H,19,20). The quantitative estimate of drug-likeness (QED) is 0.927. The summed E-state index contributed by atoms with van der Waals surface area (Å²) < 4.78 is 10.7. The Labute approximate surface area is 131 Å². The summed E-state index contributed by atoms with van der Waals surface area (Å²) in [5, 5.41) is 12.0. The number of nitriles is 1. The molecular weight excluding hydrogens is 280 g/mol. The molecule has 0 spiro atoms. The van der Waals surface area contributed by atoms with Gasteiger partial charge in [0.15, 0.2) is 0 Å². The number of rotatable bonds is 4. The zero-order chi connectivity index (χ0) is 16.2. The van der Waals surface area contributed by atoms with E-state index in [2.05, 4.69) is 18.3 Å². The predicted molar refractivity (Wildman–Crippen MR) is 83.7 cm³/mol. The summed E-state index contributed by atoms with van der Waals surface area (Å²) >= 11 is 0. The fraction of sp³-hybridized carbons (Fsp3) is 0.529. The molecule has 0 aromatic heterocycles. The van der Waals surface area contributed by atoms with Crippen molar-refractivity contribution in [3.8, 4) is 11.8 Å². The van der Waals surface area contributed by atoms with Gasteiger partial charge in [0, 0.05) is 12.8 Å². The van der Waals surface area contributed by atoms with Crippen LogP contribution in [0, 0.1) is 17.2 Å². The van der Waals surface area contributed by atoms with E-state index in [1.54, 1.807) is 25.3 Å². The first kappa shape index (κ1) is 16.3. The molecule has 1 amide bonds. The summed E-state index contributed by atoms with van der Waals surface area (Å²) in [5.74, 6) is 0.978. The minimum absolute atomic E-state index is 0.143. The van der Waals surface area contributed by atoms with Crippen molar-refractivity contribution in [3.63, 3.8) is 0 Å². The van der Waals surface area contributed by atoms with E-state index in [1.165, 1.54) is 7.11 Å². The van der Waals surface area contributed by atoms with Crippen molar-refractivity contribution in [1.29, 1.82) is 5.26 Å². The maximum absolute atomic E-state index is 12.6. The minimum Gasteiger partial charge on any atom is -0.495 e. The largest absolute Gasteiger partial charge is 0.495 e. The molecule has 0 unspecified atom stereocenters. The van der Waals surface area contributed by atoms with E-state index in [0.29, 0.717) is 22.9 Å². The maximum Gasteiger partial charge on any atom is 0.256 e. The third-order valence-electron chi connectivity index (χ3n) is 4.46. The van der Waals surface area contributed by atoms with Crippen molar-refractivity contribution in [1.82, 2.24) is 0 Å². The summed E-state index contributed by atoms with van der Waals surface area (Å²) in [5.41, 5.74) is 0.209. The topological polar surface area (TPSA) is 71.3 Å². The number of carbonyl (C=O) groups excluding carboxylic acids is 1. The molecule has 0 atom stereocenters. The SMILES string of the molecule is COc1ccc(NC(=O)C2(OC)CCC(C)CC2)cc1C#N. The van der Waals surface area contributed by atoms with Gasteiger partial charge in [-0.1, -0.05) is 6.92 Å². The number of amides is 1. The van der Waals surface area contributed by atoms with Crippen molar-refractivity contribution in [2.75, 3.05) is 19.5 Å². The summed E-state index contributed by atoms with van der Waals surface area (Å²) in [4.78, 5) is 12.6. The Balaban J connectivity index is 2.16. The Morgan fingerprint density at radius 2 is 2.05 bits per heavy atom. The number of anilines is 1. The van der Waals surface area contributed by atoms with E-state index in [0.717, 1.165) is 25.7 Å². The Kier molecular flexibility index (Phi) is 5.04. The van der Waals surface area contributed by atoms with E-state index >= 15 is 0 Å². The van der Waals surface area contributed by atoms with Gasteiger partial charge in [0.25, 0.3) is 5.91 Å². The van der Waals surface area contributed by atoms with Gasteiger partial charge < -0.3 is 14.8 Å². The molecular formula is C17H22N2O3. The van der Waals surface area contributed by atoms with Crippen LogP contribution in [0.3, 0.4) is 0 Å². The highest BCUT2D eigenvalue weighted by Crippen LogP contribution is 2.35. The molecule has 1 aliphatic rings. The molecule has 5 nitrogen and oxygen atoms in total. The van der Waals surface area contributed by atoms with E-state index in [9.17, 15) is 4.79 Å².